The Morgan fingerprint density at radius 3 is 1.65 bits per heavy atom. The molecule has 5 nitrogen and oxygen atoms in total. The van der Waals surface area contributed by atoms with Gasteiger partial charge in [-0.25, -0.2) is 13.0 Å². The lowest BCUT2D eigenvalue weighted by atomic mass is 10.1. The molecule has 4 aromatic rings. The van der Waals surface area contributed by atoms with Gasteiger partial charge in [0.2, 0.25) is 0 Å². The summed E-state index contributed by atoms with van der Waals surface area (Å²) in [5.41, 5.74) is 5.40. The van der Waals surface area contributed by atoms with Crippen molar-refractivity contribution in [2.45, 2.75) is 13.0 Å². The van der Waals surface area contributed by atoms with Crippen LogP contribution in [0.25, 0.3) is 12.2 Å². The van der Waals surface area contributed by atoms with Crippen LogP contribution in [-0.2, 0) is 16.7 Å². The second kappa shape index (κ2) is 10.9. The van der Waals surface area contributed by atoms with Gasteiger partial charge in [-0.05, 0) is 47.5 Å². The molecule has 0 fully saturated rings. The van der Waals surface area contributed by atoms with Gasteiger partial charge in [0.05, 0.1) is 10.1 Å². The summed E-state index contributed by atoms with van der Waals surface area (Å²) in [6, 6.07) is 32.9. The third kappa shape index (κ3) is 6.63. The molecule has 0 radical (unpaired) electrons. The van der Waals surface area contributed by atoms with Crippen molar-refractivity contribution >= 4 is 39.3 Å². The molecule has 172 valence electrons. The predicted octanol–water partition coefficient (Wildman–Crippen LogP) is 5.55. The lowest BCUT2D eigenvalue weighted by Gasteiger charge is -2.25. The van der Waals surface area contributed by atoms with Crippen molar-refractivity contribution in [3.63, 3.8) is 0 Å². The van der Waals surface area contributed by atoms with E-state index in [9.17, 15) is 13.0 Å². The molecule has 0 bridgehead atoms. The highest BCUT2D eigenvalue weighted by Gasteiger charge is 2.11. The standard InChI is InChI=1S/C28H26N2O3S/c31-34(32,33)23-7-20-29-21-18-25(19-22-29)13-12-24-14-16-28(17-15-24)30(26-8-3-1-4-9-26)27-10-5-2-6-11-27/h1-6,8-19,21-22H,7,20,23H2. The Labute approximate surface area is 201 Å². The van der Waals surface area contributed by atoms with E-state index in [1.54, 1.807) is 0 Å². The molecule has 3 aromatic carbocycles. The summed E-state index contributed by atoms with van der Waals surface area (Å²) in [6.45, 7) is 0.492. The molecular weight excluding hydrogens is 444 g/mol. The molecule has 1 aromatic heterocycles. The van der Waals surface area contributed by atoms with E-state index >= 15 is 0 Å². The van der Waals surface area contributed by atoms with Gasteiger partial charge in [-0.2, -0.15) is 0 Å². The van der Waals surface area contributed by atoms with Crippen molar-refractivity contribution < 1.29 is 17.5 Å². The summed E-state index contributed by atoms with van der Waals surface area (Å²) in [6.07, 6.45) is 8.17. The third-order valence-corrected chi connectivity index (χ3v) is 6.16. The van der Waals surface area contributed by atoms with Crippen LogP contribution >= 0.6 is 0 Å². The molecule has 1 heterocycles. The number of anilines is 3. The number of pyridine rings is 1. The van der Waals surface area contributed by atoms with Crippen LogP contribution in [0.1, 0.15) is 17.5 Å². The Balaban J connectivity index is 1.45. The van der Waals surface area contributed by atoms with E-state index in [2.05, 4.69) is 59.5 Å². The number of hydrogen-bond donors (Lipinski definition) is 0. The van der Waals surface area contributed by atoms with Crippen molar-refractivity contribution in [2.24, 2.45) is 0 Å². The van der Waals surface area contributed by atoms with Gasteiger partial charge in [0.25, 0.3) is 0 Å². The molecule has 34 heavy (non-hydrogen) atoms. The first-order chi connectivity index (χ1) is 16.5. The van der Waals surface area contributed by atoms with E-state index in [1.165, 1.54) is 0 Å². The molecule has 0 atom stereocenters. The first kappa shape index (κ1) is 23.4. The lowest BCUT2D eigenvalue weighted by Crippen LogP contribution is -2.33. The summed E-state index contributed by atoms with van der Waals surface area (Å²) >= 11 is 0. The Hall–Kier alpha value is -3.74. The summed E-state index contributed by atoms with van der Waals surface area (Å²) in [7, 11) is -4.16. The van der Waals surface area contributed by atoms with E-state index in [1.807, 2.05) is 71.6 Å². The van der Waals surface area contributed by atoms with Gasteiger partial charge in [0, 0.05) is 41.4 Å². The van der Waals surface area contributed by atoms with Gasteiger partial charge in [-0.15, -0.1) is 0 Å². The lowest BCUT2D eigenvalue weighted by molar-refractivity contribution is -0.696. The average molecular weight is 471 g/mol. The van der Waals surface area contributed by atoms with Crippen molar-refractivity contribution in [3.8, 4) is 0 Å². The minimum absolute atomic E-state index is 0.307. The van der Waals surface area contributed by atoms with Crippen molar-refractivity contribution in [3.05, 3.63) is 121 Å². The van der Waals surface area contributed by atoms with Crippen LogP contribution in [0.4, 0.5) is 17.1 Å². The third-order valence-electron chi connectivity index (χ3n) is 5.38. The number of para-hydroxylation sites is 2. The predicted molar refractivity (Wildman–Crippen MR) is 136 cm³/mol. The summed E-state index contributed by atoms with van der Waals surface area (Å²) < 4.78 is 34.0. The number of rotatable bonds is 9. The monoisotopic (exact) mass is 470 g/mol. The van der Waals surface area contributed by atoms with E-state index in [-0.39, 0.29) is 5.75 Å². The SMILES string of the molecule is O=S(=O)([O-])CCC[n+]1ccc(/C=C/c2ccc(N(c3ccccc3)c3ccccc3)cc2)cc1. The number of nitrogens with zero attached hydrogens (tertiary/aromatic N) is 2. The van der Waals surface area contributed by atoms with E-state index < -0.39 is 10.1 Å². The van der Waals surface area contributed by atoms with Gasteiger partial charge in [0.15, 0.2) is 12.4 Å². The first-order valence-corrected chi connectivity index (χ1v) is 12.7. The van der Waals surface area contributed by atoms with Gasteiger partial charge < -0.3 is 9.45 Å². The number of aromatic nitrogens is 1. The second-order valence-electron chi connectivity index (χ2n) is 7.92. The van der Waals surface area contributed by atoms with Crippen molar-refractivity contribution in [1.29, 1.82) is 0 Å². The first-order valence-electron chi connectivity index (χ1n) is 11.1. The van der Waals surface area contributed by atoms with E-state index in [4.69, 9.17) is 0 Å². The Morgan fingerprint density at radius 2 is 1.15 bits per heavy atom. The summed E-state index contributed by atoms with van der Waals surface area (Å²) in [5.74, 6) is -0.344. The molecule has 0 amide bonds. The summed E-state index contributed by atoms with van der Waals surface area (Å²) in [5, 5.41) is 0. The second-order valence-corrected chi connectivity index (χ2v) is 9.44. The largest absolute Gasteiger partial charge is 0.748 e. The van der Waals surface area contributed by atoms with Crippen molar-refractivity contribution in [1.82, 2.24) is 0 Å². The number of benzene rings is 3. The van der Waals surface area contributed by atoms with Gasteiger partial charge in [-0.3, -0.25) is 0 Å². The number of aryl methyl sites for hydroxylation is 1. The molecule has 0 aliphatic rings. The highest BCUT2D eigenvalue weighted by Crippen LogP contribution is 2.34. The van der Waals surface area contributed by atoms with Crippen LogP contribution in [0.15, 0.2) is 109 Å². The highest BCUT2D eigenvalue weighted by atomic mass is 32.2. The topological polar surface area (TPSA) is 64.3 Å². The molecule has 0 spiro atoms. The van der Waals surface area contributed by atoms with E-state index in [0.717, 1.165) is 28.2 Å². The molecule has 0 aliphatic heterocycles. The fraction of sp³-hybridized carbons (Fsp3) is 0.107. The maximum atomic E-state index is 10.7. The Bertz CT molecular complexity index is 1280. The molecule has 0 saturated carbocycles. The van der Waals surface area contributed by atoms with Gasteiger partial charge in [0.1, 0.15) is 6.54 Å². The molecule has 0 N–H and O–H groups in total. The summed E-state index contributed by atoms with van der Waals surface area (Å²) in [4.78, 5) is 2.22. The Morgan fingerprint density at radius 1 is 0.676 bits per heavy atom. The Kier molecular flexibility index (Phi) is 7.52. The zero-order valence-corrected chi connectivity index (χ0v) is 19.5. The molecule has 0 aliphatic carbocycles. The van der Waals surface area contributed by atoms with Gasteiger partial charge in [-0.1, -0.05) is 60.7 Å². The minimum atomic E-state index is -4.16. The molecule has 0 saturated heterocycles. The molecule has 6 heteroatoms. The quantitative estimate of drug-likeness (QED) is 0.238. The number of hydrogen-bond acceptors (Lipinski definition) is 4. The molecule has 0 unspecified atom stereocenters. The fourth-order valence-electron chi connectivity index (χ4n) is 3.68. The van der Waals surface area contributed by atoms with Gasteiger partial charge >= 0.3 is 0 Å². The highest BCUT2D eigenvalue weighted by molar-refractivity contribution is 7.85. The van der Waals surface area contributed by atoms with Crippen LogP contribution in [0.5, 0.6) is 0 Å². The van der Waals surface area contributed by atoms with Crippen LogP contribution in [0.2, 0.25) is 0 Å². The maximum absolute atomic E-state index is 10.7. The smallest absolute Gasteiger partial charge is 0.169 e. The van der Waals surface area contributed by atoms with Crippen LogP contribution in [0.3, 0.4) is 0 Å². The zero-order chi connectivity index (χ0) is 23.8. The minimum Gasteiger partial charge on any atom is -0.748 e. The normalized spacial score (nSPS) is 11.6. The van der Waals surface area contributed by atoms with Crippen LogP contribution < -0.4 is 9.47 Å². The molecule has 4 rings (SSSR count). The average Bonchev–Trinajstić information content (AvgIpc) is 2.85. The van der Waals surface area contributed by atoms with Crippen LogP contribution in [-0.4, -0.2) is 18.7 Å². The van der Waals surface area contributed by atoms with Crippen molar-refractivity contribution in [2.75, 3.05) is 10.7 Å². The fourth-order valence-corrected chi connectivity index (χ4v) is 4.16. The van der Waals surface area contributed by atoms with Crippen LogP contribution in [0, 0.1) is 0 Å². The maximum Gasteiger partial charge on any atom is 0.169 e. The van der Waals surface area contributed by atoms with E-state index in [0.29, 0.717) is 13.0 Å². The zero-order valence-electron chi connectivity index (χ0n) is 18.7. The molecular formula is C28H26N2O3S.